The van der Waals surface area contributed by atoms with Gasteiger partial charge in [0.05, 0.1) is 13.7 Å². The molecule has 0 aromatic heterocycles. The van der Waals surface area contributed by atoms with Crippen molar-refractivity contribution in [1.82, 2.24) is 5.32 Å². The standard InChI is InChI=1S/C13H26ClNO4P/c1-4-5-6-8-15-11(13(16)18-2)10-12(20(3)17)19-9-7-14/h11-12,15H,4-10H2,1-3H3/q+1. The molecule has 20 heavy (non-hydrogen) atoms. The van der Waals surface area contributed by atoms with E-state index >= 15 is 0 Å². The first-order chi connectivity index (χ1) is 9.56. The summed E-state index contributed by atoms with van der Waals surface area (Å²) in [6.45, 7) is 4.77. The monoisotopic (exact) mass is 326 g/mol. The number of unbranched alkanes of at least 4 members (excludes halogenated alkanes) is 2. The first kappa shape index (κ1) is 19.8. The molecule has 1 N–H and O–H groups in total. The lowest BCUT2D eigenvalue weighted by Crippen LogP contribution is -2.40. The fraction of sp³-hybridized carbons (Fsp3) is 0.923. The molecule has 0 saturated carbocycles. The van der Waals surface area contributed by atoms with E-state index in [9.17, 15) is 9.36 Å². The summed E-state index contributed by atoms with van der Waals surface area (Å²) in [4.78, 5) is 11.7. The van der Waals surface area contributed by atoms with Gasteiger partial charge in [-0.15, -0.1) is 11.6 Å². The van der Waals surface area contributed by atoms with Crippen molar-refractivity contribution in [3.05, 3.63) is 0 Å². The molecular weight excluding hydrogens is 301 g/mol. The highest BCUT2D eigenvalue weighted by Crippen LogP contribution is 2.28. The molecule has 0 spiro atoms. The number of methoxy groups -OCH3 is 1. The van der Waals surface area contributed by atoms with Gasteiger partial charge in [0.2, 0.25) is 0 Å². The molecule has 0 rings (SSSR count). The lowest BCUT2D eigenvalue weighted by molar-refractivity contribution is -0.143. The van der Waals surface area contributed by atoms with Crippen LogP contribution >= 0.6 is 19.4 Å². The Morgan fingerprint density at radius 1 is 1.40 bits per heavy atom. The van der Waals surface area contributed by atoms with Crippen molar-refractivity contribution in [1.29, 1.82) is 0 Å². The second kappa shape index (κ2) is 12.5. The summed E-state index contributed by atoms with van der Waals surface area (Å²) in [6.07, 6.45) is 3.55. The molecule has 0 aromatic carbocycles. The zero-order chi connectivity index (χ0) is 15.4. The Morgan fingerprint density at radius 2 is 2.10 bits per heavy atom. The highest BCUT2D eigenvalue weighted by Gasteiger charge is 2.32. The number of hydrogen-bond acceptors (Lipinski definition) is 5. The molecule has 0 aromatic rings. The molecule has 0 fully saturated rings. The number of halogens is 1. The van der Waals surface area contributed by atoms with Crippen molar-refractivity contribution < 1.29 is 18.8 Å². The smallest absolute Gasteiger partial charge is 0.367 e. The van der Waals surface area contributed by atoms with Gasteiger partial charge in [-0.05, 0) is 13.0 Å². The molecule has 0 aliphatic carbocycles. The van der Waals surface area contributed by atoms with Gasteiger partial charge in [0.25, 0.3) is 5.85 Å². The third-order valence-electron chi connectivity index (χ3n) is 2.89. The van der Waals surface area contributed by atoms with E-state index in [1.54, 1.807) is 6.66 Å². The molecule has 0 bridgehead atoms. The second-order valence-electron chi connectivity index (χ2n) is 4.53. The Morgan fingerprint density at radius 3 is 2.60 bits per heavy atom. The van der Waals surface area contributed by atoms with Crippen molar-refractivity contribution in [3.63, 3.8) is 0 Å². The summed E-state index contributed by atoms with van der Waals surface area (Å²) in [5.74, 6) is -0.490. The van der Waals surface area contributed by atoms with Crippen molar-refractivity contribution in [2.24, 2.45) is 0 Å². The van der Waals surface area contributed by atoms with Gasteiger partial charge in [-0.25, -0.2) is 0 Å². The van der Waals surface area contributed by atoms with Crippen LogP contribution in [0.25, 0.3) is 0 Å². The Balaban J connectivity index is 4.42. The van der Waals surface area contributed by atoms with E-state index in [0.717, 1.165) is 25.8 Å². The molecule has 0 aliphatic heterocycles. The van der Waals surface area contributed by atoms with Crippen LogP contribution < -0.4 is 5.32 Å². The maximum atomic E-state index is 11.7. The predicted molar refractivity (Wildman–Crippen MR) is 81.9 cm³/mol. The average Bonchev–Trinajstić information content (AvgIpc) is 2.44. The van der Waals surface area contributed by atoms with Gasteiger partial charge >= 0.3 is 13.8 Å². The maximum Gasteiger partial charge on any atom is 0.367 e. The molecule has 0 aliphatic rings. The second-order valence-corrected chi connectivity index (χ2v) is 6.58. The van der Waals surface area contributed by atoms with Gasteiger partial charge in [0.1, 0.15) is 12.7 Å². The SMILES string of the molecule is CCCCCNC(CC(OCCCl)[P+](C)=O)C(=O)OC. The molecule has 3 atom stereocenters. The number of rotatable bonds is 12. The zero-order valence-corrected chi connectivity index (χ0v) is 14.2. The highest BCUT2D eigenvalue weighted by molar-refractivity contribution is 7.44. The van der Waals surface area contributed by atoms with Crippen molar-refractivity contribution in [2.75, 3.05) is 32.8 Å². The minimum atomic E-state index is -1.54. The third-order valence-corrected chi connectivity index (χ3v) is 4.21. The van der Waals surface area contributed by atoms with Crippen molar-refractivity contribution in [2.45, 2.75) is 44.5 Å². The number of ether oxygens (including phenoxy) is 2. The summed E-state index contributed by atoms with van der Waals surface area (Å²) in [6, 6.07) is -0.490. The van der Waals surface area contributed by atoms with Gasteiger partial charge in [0.15, 0.2) is 0 Å². The fourth-order valence-corrected chi connectivity index (χ4v) is 2.67. The lowest BCUT2D eigenvalue weighted by atomic mass is 10.2. The Hall–Kier alpha value is -0.220. The van der Waals surface area contributed by atoms with Crippen LogP contribution in [0.5, 0.6) is 0 Å². The van der Waals surface area contributed by atoms with Gasteiger partial charge < -0.3 is 14.8 Å². The van der Waals surface area contributed by atoms with Crippen LogP contribution in [-0.4, -0.2) is 50.7 Å². The zero-order valence-electron chi connectivity index (χ0n) is 12.6. The van der Waals surface area contributed by atoms with Crippen LogP contribution in [-0.2, 0) is 18.8 Å². The molecule has 0 saturated heterocycles. The summed E-state index contributed by atoms with van der Waals surface area (Å²) >= 11 is 5.57. The topological polar surface area (TPSA) is 64.6 Å². The molecule has 5 nitrogen and oxygen atoms in total. The van der Waals surface area contributed by atoms with E-state index in [-0.39, 0.29) is 5.97 Å². The van der Waals surface area contributed by atoms with E-state index in [2.05, 4.69) is 12.2 Å². The number of carbonyl (C=O) groups is 1. The number of hydrogen-bond donors (Lipinski definition) is 1. The molecule has 0 heterocycles. The third kappa shape index (κ3) is 8.85. The van der Waals surface area contributed by atoms with Gasteiger partial charge in [-0.3, -0.25) is 4.79 Å². The van der Waals surface area contributed by atoms with Crippen molar-refractivity contribution >= 4 is 25.4 Å². The average molecular weight is 327 g/mol. The largest absolute Gasteiger partial charge is 0.468 e. The Bertz CT molecular complexity index is 292. The van der Waals surface area contributed by atoms with Crippen molar-refractivity contribution in [3.8, 4) is 0 Å². The number of carbonyl (C=O) groups excluding carboxylic acids is 1. The van der Waals surface area contributed by atoms with Crippen LogP contribution in [0.2, 0.25) is 0 Å². The maximum absolute atomic E-state index is 11.7. The lowest BCUT2D eigenvalue weighted by Gasteiger charge is -2.17. The van der Waals surface area contributed by atoms with Crippen LogP contribution in [0.4, 0.5) is 0 Å². The molecule has 118 valence electrons. The number of esters is 1. The van der Waals surface area contributed by atoms with Gasteiger partial charge in [0, 0.05) is 12.3 Å². The molecular formula is C13H26ClNO4P+. The van der Waals surface area contributed by atoms with E-state index in [4.69, 9.17) is 21.1 Å². The fourth-order valence-electron chi connectivity index (χ4n) is 1.76. The Labute approximate surface area is 127 Å². The molecule has 0 amide bonds. The van der Waals surface area contributed by atoms with E-state index in [1.807, 2.05) is 0 Å². The Kier molecular flexibility index (Phi) is 12.4. The quantitative estimate of drug-likeness (QED) is 0.258. The van der Waals surface area contributed by atoms with Crippen LogP contribution in [0.15, 0.2) is 0 Å². The van der Waals surface area contributed by atoms with Gasteiger partial charge in [-0.2, -0.15) is 0 Å². The first-order valence-corrected chi connectivity index (χ1v) is 9.26. The van der Waals surface area contributed by atoms with Crippen LogP contribution in [0.1, 0.15) is 32.6 Å². The molecule has 0 radical (unpaired) electrons. The van der Waals surface area contributed by atoms with E-state index < -0.39 is 19.7 Å². The van der Waals surface area contributed by atoms with Gasteiger partial charge in [-0.1, -0.05) is 24.3 Å². The minimum absolute atomic E-state index is 0.324. The molecule has 3 unspecified atom stereocenters. The minimum Gasteiger partial charge on any atom is -0.468 e. The summed E-state index contributed by atoms with van der Waals surface area (Å²) in [5.41, 5.74) is 0. The first-order valence-electron chi connectivity index (χ1n) is 6.95. The predicted octanol–water partition coefficient (Wildman–Crippen LogP) is 2.74. The summed E-state index contributed by atoms with van der Waals surface area (Å²) in [7, 11) is -0.187. The number of nitrogens with one attached hydrogen (secondary N) is 1. The van der Waals surface area contributed by atoms with Crippen LogP contribution in [0.3, 0.4) is 0 Å². The van der Waals surface area contributed by atoms with Crippen LogP contribution in [0, 0.1) is 0 Å². The number of alkyl halides is 1. The summed E-state index contributed by atoms with van der Waals surface area (Å²) < 4.78 is 21.9. The summed E-state index contributed by atoms with van der Waals surface area (Å²) in [5, 5.41) is 3.15. The highest BCUT2D eigenvalue weighted by atomic mass is 35.5. The van der Waals surface area contributed by atoms with E-state index in [0.29, 0.717) is 18.9 Å². The normalized spacial score (nSPS) is 14.7. The van der Waals surface area contributed by atoms with E-state index in [1.165, 1.54) is 7.11 Å². The molecule has 7 heteroatoms.